The number of benzene rings is 2. The van der Waals surface area contributed by atoms with Gasteiger partial charge in [0.1, 0.15) is 0 Å². The van der Waals surface area contributed by atoms with E-state index in [2.05, 4.69) is 29.6 Å². The van der Waals surface area contributed by atoms with E-state index in [1.165, 1.54) is 16.3 Å². The summed E-state index contributed by atoms with van der Waals surface area (Å²) in [6.45, 7) is 0.0406. The summed E-state index contributed by atoms with van der Waals surface area (Å²) in [5.74, 6) is -1.19. The molecule has 0 aliphatic carbocycles. The second-order valence-corrected chi connectivity index (χ2v) is 5.76. The number of piperidine rings is 1. The summed E-state index contributed by atoms with van der Waals surface area (Å²) in [4.78, 5) is 0. The van der Waals surface area contributed by atoms with Crippen LogP contribution in [-0.2, 0) is 6.42 Å². The lowest BCUT2D eigenvalue weighted by Gasteiger charge is -2.31. The van der Waals surface area contributed by atoms with Crippen molar-refractivity contribution in [2.45, 2.75) is 31.5 Å². The number of hydrogen-bond acceptors (Lipinski definition) is 1. The Labute approximate surface area is 122 Å². The van der Waals surface area contributed by atoms with Crippen LogP contribution in [0.3, 0.4) is 0 Å². The SMILES string of the molecule is FC(F)(F)C1CCC(Cc2cccc3ccccc23)NC1. The topological polar surface area (TPSA) is 12.0 Å². The van der Waals surface area contributed by atoms with Crippen LogP contribution >= 0.6 is 0 Å². The van der Waals surface area contributed by atoms with E-state index in [9.17, 15) is 13.2 Å². The first-order valence-corrected chi connectivity index (χ1v) is 7.31. The molecule has 0 amide bonds. The van der Waals surface area contributed by atoms with Gasteiger partial charge in [-0.2, -0.15) is 13.2 Å². The van der Waals surface area contributed by atoms with Crippen molar-refractivity contribution in [3.8, 4) is 0 Å². The number of fused-ring (bicyclic) bond motifs is 1. The van der Waals surface area contributed by atoms with Gasteiger partial charge in [-0.1, -0.05) is 42.5 Å². The minimum absolute atomic E-state index is 0.0406. The zero-order chi connectivity index (χ0) is 14.9. The molecule has 21 heavy (non-hydrogen) atoms. The van der Waals surface area contributed by atoms with Gasteiger partial charge in [-0.25, -0.2) is 0 Å². The molecular formula is C17H18F3N. The Balaban J connectivity index is 1.70. The van der Waals surface area contributed by atoms with Crippen LogP contribution in [0.4, 0.5) is 13.2 Å². The van der Waals surface area contributed by atoms with E-state index in [1.807, 2.05) is 18.2 Å². The second kappa shape index (κ2) is 5.68. The maximum Gasteiger partial charge on any atom is 0.393 e. The van der Waals surface area contributed by atoms with Crippen molar-refractivity contribution >= 4 is 10.8 Å². The fraction of sp³-hybridized carbons (Fsp3) is 0.412. The van der Waals surface area contributed by atoms with Gasteiger partial charge in [-0.05, 0) is 35.6 Å². The Morgan fingerprint density at radius 2 is 1.76 bits per heavy atom. The van der Waals surface area contributed by atoms with E-state index in [4.69, 9.17) is 0 Å². The minimum Gasteiger partial charge on any atom is -0.313 e. The second-order valence-electron chi connectivity index (χ2n) is 5.76. The van der Waals surface area contributed by atoms with Gasteiger partial charge >= 0.3 is 6.18 Å². The lowest BCUT2D eigenvalue weighted by atomic mass is 9.90. The van der Waals surface area contributed by atoms with Gasteiger partial charge in [0.05, 0.1) is 5.92 Å². The van der Waals surface area contributed by atoms with Crippen LogP contribution in [0.2, 0.25) is 0 Å². The summed E-state index contributed by atoms with van der Waals surface area (Å²) in [6.07, 6.45) is -2.48. The summed E-state index contributed by atoms with van der Waals surface area (Å²) in [6, 6.07) is 14.4. The van der Waals surface area contributed by atoms with Crippen LogP contribution in [0, 0.1) is 5.92 Å². The van der Waals surface area contributed by atoms with E-state index in [0.717, 1.165) is 6.42 Å². The van der Waals surface area contributed by atoms with Crippen LogP contribution in [0.1, 0.15) is 18.4 Å². The van der Waals surface area contributed by atoms with Crippen molar-refractivity contribution in [1.29, 1.82) is 0 Å². The molecule has 3 rings (SSSR count). The predicted octanol–water partition coefficient (Wildman–Crippen LogP) is 4.31. The van der Waals surface area contributed by atoms with Crippen molar-refractivity contribution in [2.75, 3.05) is 6.54 Å². The Morgan fingerprint density at radius 1 is 1.00 bits per heavy atom. The van der Waals surface area contributed by atoms with Gasteiger partial charge in [-0.3, -0.25) is 0 Å². The molecule has 1 N–H and O–H groups in total. The molecule has 1 aliphatic rings. The van der Waals surface area contributed by atoms with Crippen molar-refractivity contribution in [3.05, 3.63) is 48.0 Å². The molecule has 2 aromatic carbocycles. The molecule has 1 aliphatic heterocycles. The number of halogens is 3. The van der Waals surface area contributed by atoms with Gasteiger partial charge in [0.2, 0.25) is 0 Å². The average Bonchev–Trinajstić information content (AvgIpc) is 2.47. The maximum atomic E-state index is 12.7. The van der Waals surface area contributed by atoms with Crippen LogP contribution in [0.15, 0.2) is 42.5 Å². The van der Waals surface area contributed by atoms with E-state index in [-0.39, 0.29) is 19.0 Å². The quantitative estimate of drug-likeness (QED) is 0.870. The predicted molar refractivity (Wildman–Crippen MR) is 78.2 cm³/mol. The van der Waals surface area contributed by atoms with Gasteiger partial charge in [0.15, 0.2) is 0 Å². The molecule has 4 heteroatoms. The molecule has 1 saturated heterocycles. The lowest BCUT2D eigenvalue weighted by molar-refractivity contribution is -0.179. The molecule has 2 unspecified atom stereocenters. The third-order valence-electron chi connectivity index (χ3n) is 4.33. The standard InChI is InChI=1S/C17H18F3N/c18-17(19,20)14-8-9-15(21-11-14)10-13-6-3-5-12-4-1-2-7-16(12)13/h1-7,14-15,21H,8-11H2. The zero-order valence-corrected chi connectivity index (χ0v) is 11.7. The molecule has 0 radical (unpaired) electrons. The summed E-state index contributed by atoms with van der Waals surface area (Å²) >= 11 is 0. The minimum atomic E-state index is -4.07. The van der Waals surface area contributed by atoms with E-state index >= 15 is 0 Å². The molecule has 0 saturated carbocycles. The molecule has 112 valence electrons. The van der Waals surface area contributed by atoms with Crippen molar-refractivity contribution in [1.82, 2.24) is 5.32 Å². The molecular weight excluding hydrogens is 275 g/mol. The molecule has 1 fully saturated rings. The first kappa shape index (κ1) is 14.4. The third kappa shape index (κ3) is 3.21. The summed E-state index contributed by atoms with van der Waals surface area (Å²) in [7, 11) is 0. The highest BCUT2D eigenvalue weighted by atomic mass is 19.4. The fourth-order valence-corrected chi connectivity index (χ4v) is 3.10. The lowest BCUT2D eigenvalue weighted by Crippen LogP contribution is -2.45. The van der Waals surface area contributed by atoms with Crippen molar-refractivity contribution < 1.29 is 13.2 Å². The smallest absolute Gasteiger partial charge is 0.313 e. The van der Waals surface area contributed by atoms with Gasteiger partial charge < -0.3 is 5.32 Å². The van der Waals surface area contributed by atoms with Crippen molar-refractivity contribution in [2.24, 2.45) is 5.92 Å². The van der Waals surface area contributed by atoms with E-state index in [0.29, 0.717) is 6.42 Å². The Hall–Kier alpha value is -1.55. The monoisotopic (exact) mass is 293 g/mol. The Bertz CT molecular complexity index is 607. The van der Waals surface area contributed by atoms with E-state index < -0.39 is 12.1 Å². The highest BCUT2D eigenvalue weighted by Crippen LogP contribution is 2.32. The third-order valence-corrected chi connectivity index (χ3v) is 4.33. The highest BCUT2D eigenvalue weighted by Gasteiger charge is 2.41. The number of alkyl halides is 3. The first-order chi connectivity index (χ1) is 10.0. The molecule has 1 nitrogen and oxygen atoms in total. The van der Waals surface area contributed by atoms with Gasteiger partial charge in [0.25, 0.3) is 0 Å². The van der Waals surface area contributed by atoms with Crippen LogP contribution in [0.5, 0.6) is 0 Å². The van der Waals surface area contributed by atoms with Crippen LogP contribution < -0.4 is 5.32 Å². The summed E-state index contributed by atoms with van der Waals surface area (Å²) in [5, 5.41) is 5.44. The molecule has 2 atom stereocenters. The normalized spacial score (nSPS) is 23.4. The fourth-order valence-electron chi connectivity index (χ4n) is 3.10. The number of rotatable bonds is 2. The van der Waals surface area contributed by atoms with Crippen molar-refractivity contribution in [3.63, 3.8) is 0 Å². The molecule has 0 bridgehead atoms. The Morgan fingerprint density at radius 3 is 2.48 bits per heavy atom. The van der Waals surface area contributed by atoms with Crippen LogP contribution in [0.25, 0.3) is 10.8 Å². The highest BCUT2D eigenvalue weighted by molar-refractivity contribution is 5.85. The molecule has 2 aromatic rings. The number of hydrogen-bond donors (Lipinski definition) is 1. The van der Waals surface area contributed by atoms with Crippen LogP contribution in [-0.4, -0.2) is 18.8 Å². The summed E-state index contributed by atoms with van der Waals surface area (Å²) < 4.78 is 38.0. The Kier molecular flexibility index (Phi) is 3.89. The first-order valence-electron chi connectivity index (χ1n) is 7.31. The molecule has 0 spiro atoms. The summed E-state index contributed by atoms with van der Waals surface area (Å²) in [5.41, 5.74) is 1.20. The largest absolute Gasteiger partial charge is 0.393 e. The number of nitrogens with one attached hydrogen (secondary N) is 1. The van der Waals surface area contributed by atoms with Gasteiger partial charge in [-0.15, -0.1) is 0 Å². The average molecular weight is 293 g/mol. The molecule has 1 heterocycles. The van der Waals surface area contributed by atoms with E-state index in [1.54, 1.807) is 0 Å². The molecule has 0 aromatic heterocycles. The zero-order valence-electron chi connectivity index (χ0n) is 11.7. The van der Waals surface area contributed by atoms with Gasteiger partial charge in [0, 0.05) is 12.6 Å². The maximum absolute atomic E-state index is 12.7.